The van der Waals surface area contributed by atoms with Crippen molar-refractivity contribution in [1.82, 2.24) is 5.32 Å². The topological polar surface area (TPSA) is 63.2 Å². The minimum Gasteiger partial charge on any atom is -0.454 e. The lowest BCUT2D eigenvalue weighted by molar-refractivity contribution is -0.115. The third-order valence-corrected chi connectivity index (χ3v) is 9.49. The summed E-state index contributed by atoms with van der Waals surface area (Å²) in [5.74, 6) is 1.88. The first kappa shape index (κ1) is 25.2. The minimum absolute atomic E-state index is 0.147. The largest absolute Gasteiger partial charge is 0.454 e. The van der Waals surface area contributed by atoms with Gasteiger partial charge in [-0.2, -0.15) is 0 Å². The molecule has 0 aromatic heterocycles. The third kappa shape index (κ3) is 4.54. The summed E-state index contributed by atoms with van der Waals surface area (Å²) in [5, 5.41) is 3.58. The molecule has 4 aliphatic rings. The van der Waals surface area contributed by atoms with Crippen molar-refractivity contribution < 1.29 is 14.3 Å². The van der Waals surface area contributed by atoms with Crippen LogP contribution in [-0.2, 0) is 4.79 Å². The molecule has 1 amide bonds. The van der Waals surface area contributed by atoms with Crippen LogP contribution >= 0.6 is 11.8 Å². The summed E-state index contributed by atoms with van der Waals surface area (Å²) in [6, 6.07) is 31.8. The second kappa shape index (κ2) is 10.4. The lowest BCUT2D eigenvalue weighted by Gasteiger charge is -2.43. The summed E-state index contributed by atoms with van der Waals surface area (Å²) in [5.41, 5.74) is 8.46. The molecule has 4 heterocycles. The van der Waals surface area contributed by atoms with Gasteiger partial charge in [-0.25, -0.2) is 4.99 Å². The van der Waals surface area contributed by atoms with Gasteiger partial charge in [-0.05, 0) is 82.8 Å². The number of benzene rings is 4. The maximum absolute atomic E-state index is 13.0. The van der Waals surface area contributed by atoms with E-state index in [1.165, 1.54) is 39.7 Å². The van der Waals surface area contributed by atoms with Gasteiger partial charge in [0.05, 0.1) is 10.6 Å². The van der Waals surface area contributed by atoms with Crippen LogP contribution in [0.1, 0.15) is 52.5 Å². The van der Waals surface area contributed by atoms with E-state index in [9.17, 15) is 4.79 Å². The van der Waals surface area contributed by atoms with E-state index in [4.69, 9.17) is 14.5 Å². The first-order valence-corrected chi connectivity index (χ1v) is 15.2. The summed E-state index contributed by atoms with van der Waals surface area (Å²) in [4.78, 5) is 21.1. The molecule has 0 aliphatic carbocycles. The van der Waals surface area contributed by atoms with E-state index < -0.39 is 0 Å². The number of amidine groups is 1. The Morgan fingerprint density at radius 3 is 2.12 bits per heavy atom. The van der Waals surface area contributed by atoms with Crippen LogP contribution in [0.25, 0.3) is 6.08 Å². The summed E-state index contributed by atoms with van der Waals surface area (Å²) >= 11 is 1.37. The van der Waals surface area contributed by atoms with Crippen LogP contribution < -0.4 is 19.7 Å². The Hall–Kier alpha value is -4.49. The molecule has 0 saturated carbocycles. The van der Waals surface area contributed by atoms with E-state index in [0.29, 0.717) is 27.7 Å². The molecular formula is C35H29N3O3S. The number of nitrogens with zero attached hydrogens (tertiary/aromatic N) is 2. The smallest absolute Gasteiger partial charge is 0.264 e. The molecule has 42 heavy (non-hydrogen) atoms. The van der Waals surface area contributed by atoms with Crippen molar-refractivity contribution in [3.8, 4) is 11.5 Å². The highest BCUT2D eigenvalue weighted by atomic mass is 32.2. The van der Waals surface area contributed by atoms with Crippen LogP contribution in [-0.4, -0.2) is 31.0 Å². The van der Waals surface area contributed by atoms with Gasteiger partial charge in [-0.1, -0.05) is 66.7 Å². The van der Waals surface area contributed by atoms with E-state index in [0.717, 1.165) is 42.9 Å². The molecule has 1 saturated heterocycles. The van der Waals surface area contributed by atoms with Gasteiger partial charge in [0.25, 0.3) is 5.91 Å². The standard InChI is InChI=1S/C35H29N3O3S/c39-34-32(18-22-11-12-30-31(17-22)41-21-40-30)42-35(37-34)36-25-19-28-26(23-7-3-1-4-8-23)13-15-38-16-14-27(29(20-25)33(28)38)24-9-5-2-6-10-24/h1-12,17-20,26-27H,13-16,21H2,(H,36,37,39)/b32-18-/t26-,27+. The first-order chi connectivity index (χ1) is 20.7. The average Bonchev–Trinajstić information content (AvgIpc) is 3.63. The predicted molar refractivity (Wildman–Crippen MR) is 168 cm³/mol. The number of nitrogens with one attached hydrogen (secondary N) is 1. The van der Waals surface area contributed by atoms with E-state index in [-0.39, 0.29) is 12.7 Å². The molecule has 0 unspecified atom stereocenters. The average molecular weight is 572 g/mol. The molecule has 6 nitrogen and oxygen atoms in total. The Bertz CT molecular complexity index is 1680. The van der Waals surface area contributed by atoms with Crippen LogP contribution in [0.2, 0.25) is 0 Å². The molecule has 4 aliphatic heterocycles. The molecule has 8 rings (SSSR count). The number of carbonyl (C=O) groups excluding carboxylic acids is 1. The second-order valence-corrected chi connectivity index (χ2v) is 12.1. The van der Waals surface area contributed by atoms with Crippen LogP contribution in [0, 0.1) is 0 Å². The molecule has 1 fully saturated rings. The highest BCUT2D eigenvalue weighted by molar-refractivity contribution is 8.18. The number of thioether (sulfide) groups is 1. The van der Waals surface area contributed by atoms with Crippen molar-refractivity contribution >= 4 is 40.3 Å². The molecule has 7 heteroatoms. The van der Waals surface area contributed by atoms with E-state index in [2.05, 4.69) is 83.0 Å². The quantitative estimate of drug-likeness (QED) is 0.263. The van der Waals surface area contributed by atoms with Gasteiger partial charge in [0.2, 0.25) is 6.79 Å². The fourth-order valence-corrected chi connectivity index (χ4v) is 7.50. The summed E-state index contributed by atoms with van der Waals surface area (Å²) in [7, 11) is 0. The minimum atomic E-state index is -0.147. The Morgan fingerprint density at radius 2 is 1.45 bits per heavy atom. The first-order valence-electron chi connectivity index (χ1n) is 14.4. The molecule has 208 valence electrons. The number of carbonyl (C=O) groups is 1. The molecule has 4 aromatic rings. The normalized spacial score (nSPS) is 22.4. The zero-order valence-electron chi connectivity index (χ0n) is 23.0. The van der Waals surface area contributed by atoms with Crippen molar-refractivity contribution in [3.05, 3.63) is 124 Å². The molecule has 0 radical (unpaired) electrons. The zero-order valence-corrected chi connectivity index (χ0v) is 23.8. The number of aliphatic imine (C=N–C) groups is 1. The molecule has 0 bridgehead atoms. The van der Waals surface area contributed by atoms with Gasteiger partial charge < -0.3 is 19.7 Å². The van der Waals surface area contributed by atoms with Crippen LogP contribution in [0.15, 0.2) is 101 Å². The van der Waals surface area contributed by atoms with Gasteiger partial charge in [0, 0.05) is 30.6 Å². The number of hydrogen-bond donors (Lipinski definition) is 1. The van der Waals surface area contributed by atoms with Crippen LogP contribution in [0.3, 0.4) is 0 Å². The number of anilines is 1. The molecule has 0 spiro atoms. The maximum Gasteiger partial charge on any atom is 0.264 e. The van der Waals surface area contributed by atoms with Crippen LogP contribution in [0.4, 0.5) is 11.4 Å². The lowest BCUT2D eigenvalue weighted by Crippen LogP contribution is -2.37. The van der Waals surface area contributed by atoms with E-state index in [1.807, 2.05) is 24.3 Å². The zero-order chi connectivity index (χ0) is 28.0. The number of hydrogen-bond acceptors (Lipinski definition) is 6. The fourth-order valence-electron chi connectivity index (χ4n) is 6.66. The third-order valence-electron chi connectivity index (χ3n) is 8.58. The highest BCUT2D eigenvalue weighted by Gasteiger charge is 2.35. The Labute approximate surface area is 249 Å². The van der Waals surface area contributed by atoms with Crippen molar-refractivity contribution in [2.45, 2.75) is 24.7 Å². The number of amides is 1. The van der Waals surface area contributed by atoms with Gasteiger partial charge in [0.1, 0.15) is 0 Å². The SMILES string of the molecule is O=C1NC(=Nc2cc3c4c(c2)[C@H](c2ccccc2)CCN4CC[C@@H]3c2ccccc2)S/C1=C\c1ccc2c(c1)OCO2. The van der Waals surface area contributed by atoms with Crippen molar-refractivity contribution in [1.29, 1.82) is 0 Å². The van der Waals surface area contributed by atoms with Gasteiger partial charge >= 0.3 is 0 Å². The monoisotopic (exact) mass is 571 g/mol. The van der Waals surface area contributed by atoms with Crippen molar-refractivity contribution in [2.75, 3.05) is 24.8 Å². The number of fused-ring (bicyclic) bond motifs is 1. The Balaban J connectivity index is 1.19. The highest BCUT2D eigenvalue weighted by Crippen LogP contribution is 2.50. The Morgan fingerprint density at radius 1 is 0.810 bits per heavy atom. The maximum atomic E-state index is 13.0. The van der Waals surface area contributed by atoms with E-state index in [1.54, 1.807) is 0 Å². The van der Waals surface area contributed by atoms with Crippen molar-refractivity contribution in [2.24, 2.45) is 4.99 Å². The number of rotatable bonds is 4. The van der Waals surface area contributed by atoms with Gasteiger partial charge in [0.15, 0.2) is 16.7 Å². The molecule has 1 N–H and O–H groups in total. The summed E-state index contributed by atoms with van der Waals surface area (Å²) < 4.78 is 10.9. The predicted octanol–water partition coefficient (Wildman–Crippen LogP) is 7.18. The fraction of sp³-hybridized carbons (Fsp3) is 0.200. The lowest BCUT2D eigenvalue weighted by atomic mass is 9.76. The van der Waals surface area contributed by atoms with Gasteiger partial charge in [-0.15, -0.1) is 0 Å². The second-order valence-electron chi connectivity index (χ2n) is 11.1. The number of ether oxygens (including phenoxy) is 2. The summed E-state index contributed by atoms with van der Waals surface area (Å²) in [6.45, 7) is 2.32. The summed E-state index contributed by atoms with van der Waals surface area (Å²) in [6.07, 6.45) is 4.01. The Kier molecular flexibility index (Phi) is 6.25. The van der Waals surface area contributed by atoms with Gasteiger partial charge in [-0.3, -0.25) is 4.79 Å². The van der Waals surface area contributed by atoms with E-state index >= 15 is 0 Å². The van der Waals surface area contributed by atoms with Crippen LogP contribution in [0.5, 0.6) is 11.5 Å². The molecule has 4 aromatic carbocycles. The molecular weight excluding hydrogens is 542 g/mol. The van der Waals surface area contributed by atoms with Crippen molar-refractivity contribution in [3.63, 3.8) is 0 Å². The molecule has 2 atom stereocenters.